The maximum atomic E-state index is 6.09. The standard InChI is InChI=1S/C14H15ClN2/c1-9-11(15)5-3-7-13(9)17-14-8-4-6-12(16)10(14)2/h3-8,17H,16H2,1-2H3. The van der Waals surface area contributed by atoms with E-state index in [1.807, 2.05) is 50.2 Å². The zero-order valence-electron chi connectivity index (χ0n) is 9.92. The van der Waals surface area contributed by atoms with Gasteiger partial charge >= 0.3 is 0 Å². The second kappa shape index (κ2) is 4.68. The molecule has 0 saturated heterocycles. The van der Waals surface area contributed by atoms with E-state index in [0.29, 0.717) is 0 Å². The van der Waals surface area contributed by atoms with Crippen molar-refractivity contribution < 1.29 is 0 Å². The van der Waals surface area contributed by atoms with Crippen molar-refractivity contribution in [1.29, 1.82) is 0 Å². The van der Waals surface area contributed by atoms with E-state index in [9.17, 15) is 0 Å². The van der Waals surface area contributed by atoms with Gasteiger partial charge in [-0.3, -0.25) is 0 Å². The van der Waals surface area contributed by atoms with E-state index in [1.54, 1.807) is 0 Å². The molecule has 17 heavy (non-hydrogen) atoms. The first kappa shape index (κ1) is 11.8. The van der Waals surface area contributed by atoms with Crippen LogP contribution < -0.4 is 11.1 Å². The molecule has 3 N–H and O–H groups in total. The highest BCUT2D eigenvalue weighted by atomic mass is 35.5. The largest absolute Gasteiger partial charge is 0.398 e. The molecule has 0 spiro atoms. The maximum absolute atomic E-state index is 6.09. The first-order valence-corrected chi connectivity index (χ1v) is 5.84. The Kier molecular flexibility index (Phi) is 3.25. The number of nitrogen functional groups attached to an aromatic ring is 1. The Balaban J connectivity index is 2.38. The summed E-state index contributed by atoms with van der Waals surface area (Å²) in [6.45, 7) is 3.99. The topological polar surface area (TPSA) is 38.0 Å². The molecular formula is C14H15ClN2. The Bertz CT molecular complexity index is 500. The first-order chi connectivity index (χ1) is 8.09. The molecule has 2 nitrogen and oxygen atoms in total. The third-order valence-electron chi connectivity index (χ3n) is 2.91. The molecule has 0 bridgehead atoms. The van der Waals surface area contributed by atoms with Crippen molar-refractivity contribution in [1.82, 2.24) is 0 Å². The van der Waals surface area contributed by atoms with Crippen molar-refractivity contribution >= 4 is 28.7 Å². The van der Waals surface area contributed by atoms with Gasteiger partial charge in [-0.05, 0) is 49.2 Å². The molecule has 0 saturated carbocycles. The van der Waals surface area contributed by atoms with Crippen molar-refractivity contribution in [3.05, 3.63) is 52.5 Å². The summed E-state index contributed by atoms with van der Waals surface area (Å²) in [4.78, 5) is 0. The summed E-state index contributed by atoms with van der Waals surface area (Å²) >= 11 is 6.09. The van der Waals surface area contributed by atoms with E-state index < -0.39 is 0 Å². The van der Waals surface area contributed by atoms with Gasteiger partial charge in [-0.25, -0.2) is 0 Å². The van der Waals surface area contributed by atoms with Gasteiger partial charge in [0, 0.05) is 22.1 Å². The van der Waals surface area contributed by atoms with Crippen LogP contribution in [0.15, 0.2) is 36.4 Å². The Hall–Kier alpha value is -1.67. The molecule has 2 rings (SSSR count). The highest BCUT2D eigenvalue weighted by molar-refractivity contribution is 6.31. The molecule has 0 amide bonds. The molecule has 88 valence electrons. The lowest BCUT2D eigenvalue weighted by atomic mass is 10.1. The number of nitrogens with one attached hydrogen (secondary N) is 1. The fourth-order valence-electron chi connectivity index (χ4n) is 1.68. The van der Waals surface area contributed by atoms with Crippen LogP contribution in [0.5, 0.6) is 0 Å². The molecule has 0 aromatic heterocycles. The third kappa shape index (κ3) is 2.37. The number of hydrogen-bond acceptors (Lipinski definition) is 2. The number of benzene rings is 2. The Morgan fingerprint density at radius 3 is 2.24 bits per heavy atom. The number of halogens is 1. The Morgan fingerprint density at radius 1 is 0.941 bits per heavy atom. The fourth-order valence-corrected chi connectivity index (χ4v) is 1.85. The van der Waals surface area contributed by atoms with E-state index in [-0.39, 0.29) is 0 Å². The predicted octanol–water partition coefficient (Wildman–Crippen LogP) is 4.28. The lowest BCUT2D eigenvalue weighted by Crippen LogP contribution is -1.98. The average Bonchev–Trinajstić information content (AvgIpc) is 2.31. The summed E-state index contributed by atoms with van der Waals surface area (Å²) in [7, 11) is 0. The molecule has 0 unspecified atom stereocenters. The minimum atomic E-state index is 0.761. The van der Waals surface area contributed by atoms with E-state index >= 15 is 0 Å². The molecule has 0 atom stereocenters. The summed E-state index contributed by atoms with van der Waals surface area (Å²) in [5.74, 6) is 0. The number of nitrogens with two attached hydrogens (primary N) is 1. The second-order valence-corrected chi connectivity index (χ2v) is 4.46. The molecular weight excluding hydrogens is 232 g/mol. The van der Waals surface area contributed by atoms with Crippen molar-refractivity contribution in [2.24, 2.45) is 0 Å². The lowest BCUT2D eigenvalue weighted by molar-refractivity contribution is 1.39. The van der Waals surface area contributed by atoms with Crippen molar-refractivity contribution in [2.75, 3.05) is 11.1 Å². The van der Waals surface area contributed by atoms with E-state index in [1.165, 1.54) is 0 Å². The first-order valence-electron chi connectivity index (χ1n) is 5.47. The quantitative estimate of drug-likeness (QED) is 0.776. The monoisotopic (exact) mass is 246 g/mol. The smallest absolute Gasteiger partial charge is 0.0455 e. The van der Waals surface area contributed by atoms with Crippen molar-refractivity contribution in [3.63, 3.8) is 0 Å². The highest BCUT2D eigenvalue weighted by Gasteiger charge is 2.05. The van der Waals surface area contributed by atoms with E-state index in [0.717, 1.165) is 33.2 Å². The van der Waals surface area contributed by atoms with Crippen LogP contribution in [0.2, 0.25) is 5.02 Å². The molecule has 3 heteroatoms. The van der Waals surface area contributed by atoms with Crippen LogP contribution in [0, 0.1) is 13.8 Å². The van der Waals surface area contributed by atoms with Crippen LogP contribution in [-0.2, 0) is 0 Å². The molecule has 0 aliphatic carbocycles. The minimum Gasteiger partial charge on any atom is -0.398 e. The molecule has 0 aliphatic heterocycles. The molecule has 0 fully saturated rings. The van der Waals surface area contributed by atoms with Gasteiger partial charge in [-0.15, -0.1) is 0 Å². The summed E-state index contributed by atoms with van der Waals surface area (Å²) in [6.07, 6.45) is 0. The van der Waals surface area contributed by atoms with Gasteiger partial charge in [-0.1, -0.05) is 23.7 Å². The van der Waals surface area contributed by atoms with Gasteiger partial charge in [0.1, 0.15) is 0 Å². The number of hydrogen-bond donors (Lipinski definition) is 2. The van der Waals surface area contributed by atoms with Gasteiger partial charge in [0.05, 0.1) is 0 Å². The van der Waals surface area contributed by atoms with Crippen LogP contribution in [-0.4, -0.2) is 0 Å². The van der Waals surface area contributed by atoms with E-state index in [2.05, 4.69) is 5.32 Å². The predicted molar refractivity (Wildman–Crippen MR) is 75.1 cm³/mol. The fraction of sp³-hybridized carbons (Fsp3) is 0.143. The van der Waals surface area contributed by atoms with Gasteiger partial charge < -0.3 is 11.1 Å². The molecule has 0 radical (unpaired) electrons. The molecule has 2 aromatic carbocycles. The van der Waals surface area contributed by atoms with E-state index in [4.69, 9.17) is 17.3 Å². The molecule has 2 aromatic rings. The van der Waals surface area contributed by atoms with Gasteiger partial charge in [0.15, 0.2) is 0 Å². The number of anilines is 3. The summed E-state index contributed by atoms with van der Waals surface area (Å²) in [5.41, 5.74) is 10.8. The number of rotatable bonds is 2. The zero-order chi connectivity index (χ0) is 12.4. The van der Waals surface area contributed by atoms with Crippen LogP contribution >= 0.6 is 11.6 Å². The summed E-state index contributed by atoms with van der Waals surface area (Å²) < 4.78 is 0. The average molecular weight is 247 g/mol. The Morgan fingerprint density at radius 2 is 1.53 bits per heavy atom. The van der Waals surface area contributed by atoms with Gasteiger partial charge in [0.25, 0.3) is 0 Å². The normalized spacial score (nSPS) is 10.3. The van der Waals surface area contributed by atoms with Crippen LogP contribution in [0.3, 0.4) is 0 Å². The lowest BCUT2D eigenvalue weighted by Gasteiger charge is -2.13. The Labute approximate surface area is 106 Å². The van der Waals surface area contributed by atoms with Crippen LogP contribution in [0.1, 0.15) is 11.1 Å². The third-order valence-corrected chi connectivity index (χ3v) is 3.32. The van der Waals surface area contributed by atoms with Crippen LogP contribution in [0.25, 0.3) is 0 Å². The van der Waals surface area contributed by atoms with Gasteiger partial charge in [0.2, 0.25) is 0 Å². The second-order valence-electron chi connectivity index (χ2n) is 4.06. The summed E-state index contributed by atoms with van der Waals surface area (Å²) in [5, 5.41) is 4.12. The summed E-state index contributed by atoms with van der Waals surface area (Å²) in [6, 6.07) is 11.7. The molecule has 0 aliphatic rings. The van der Waals surface area contributed by atoms with Gasteiger partial charge in [-0.2, -0.15) is 0 Å². The zero-order valence-corrected chi connectivity index (χ0v) is 10.7. The minimum absolute atomic E-state index is 0.761. The highest BCUT2D eigenvalue weighted by Crippen LogP contribution is 2.29. The SMILES string of the molecule is Cc1c(N)cccc1Nc1cccc(Cl)c1C. The van der Waals surface area contributed by atoms with Crippen molar-refractivity contribution in [2.45, 2.75) is 13.8 Å². The van der Waals surface area contributed by atoms with Crippen LogP contribution in [0.4, 0.5) is 17.1 Å². The maximum Gasteiger partial charge on any atom is 0.0455 e. The van der Waals surface area contributed by atoms with Crippen molar-refractivity contribution in [3.8, 4) is 0 Å². The molecule has 0 heterocycles.